The quantitative estimate of drug-likeness (QED) is 0.504. The van der Waals surface area contributed by atoms with E-state index in [9.17, 15) is 0 Å². The fraction of sp³-hybridized carbons (Fsp3) is 0.600. The van der Waals surface area contributed by atoms with Crippen LogP contribution in [0.3, 0.4) is 0 Å². The third-order valence-corrected chi connectivity index (χ3v) is 0.602. The van der Waals surface area contributed by atoms with Gasteiger partial charge in [-0.25, -0.2) is 0 Å². The smallest absolute Gasteiger partial charge is 0.114 e. The molecule has 0 aliphatic heterocycles. The van der Waals surface area contributed by atoms with Crippen LogP contribution in [0.25, 0.3) is 0 Å². The Morgan fingerprint density at radius 2 is 2.12 bits per heavy atom. The molecule has 8 heavy (non-hydrogen) atoms. The van der Waals surface area contributed by atoms with Gasteiger partial charge in [0.2, 0.25) is 0 Å². The molecule has 0 aromatic heterocycles. The van der Waals surface area contributed by atoms with Crippen molar-refractivity contribution >= 4 is 0 Å². The standard InChI is InChI=1S/C5H10O2.H2O/c1-2-3-5(7)4-6;/h3,6-7H,2,4H2,1H3;1H2. The summed E-state index contributed by atoms with van der Waals surface area (Å²) in [5.41, 5.74) is 0. The highest BCUT2D eigenvalue weighted by Crippen LogP contribution is 1.86. The van der Waals surface area contributed by atoms with Crippen LogP contribution in [-0.2, 0) is 0 Å². The lowest BCUT2D eigenvalue weighted by Gasteiger charge is -1.87. The van der Waals surface area contributed by atoms with Crippen molar-refractivity contribution in [2.75, 3.05) is 6.61 Å². The minimum Gasteiger partial charge on any atom is -0.510 e. The molecule has 0 amide bonds. The minimum absolute atomic E-state index is 0. The monoisotopic (exact) mass is 120 g/mol. The van der Waals surface area contributed by atoms with Gasteiger partial charge < -0.3 is 15.7 Å². The first-order valence-corrected chi connectivity index (χ1v) is 2.30. The Hall–Kier alpha value is -0.540. The van der Waals surface area contributed by atoms with Crippen LogP contribution < -0.4 is 0 Å². The maximum absolute atomic E-state index is 8.47. The van der Waals surface area contributed by atoms with E-state index in [2.05, 4.69) is 0 Å². The van der Waals surface area contributed by atoms with Crippen LogP contribution in [0.2, 0.25) is 0 Å². The molecule has 3 heteroatoms. The van der Waals surface area contributed by atoms with Gasteiger partial charge >= 0.3 is 0 Å². The van der Waals surface area contributed by atoms with E-state index in [1.165, 1.54) is 0 Å². The molecular weight excluding hydrogens is 108 g/mol. The fourth-order valence-electron chi connectivity index (χ4n) is 0.300. The molecule has 50 valence electrons. The molecule has 4 N–H and O–H groups in total. The highest BCUT2D eigenvalue weighted by molar-refractivity contribution is 4.88. The van der Waals surface area contributed by atoms with Gasteiger partial charge in [-0.3, -0.25) is 0 Å². The van der Waals surface area contributed by atoms with Gasteiger partial charge in [0.05, 0.1) is 6.61 Å². The molecule has 0 rings (SSSR count). The van der Waals surface area contributed by atoms with Crippen LogP contribution >= 0.6 is 0 Å². The van der Waals surface area contributed by atoms with Crippen molar-refractivity contribution < 1.29 is 15.7 Å². The summed E-state index contributed by atoms with van der Waals surface area (Å²) in [4.78, 5) is 0. The molecule has 0 aliphatic rings. The first kappa shape index (κ1) is 10.4. The largest absolute Gasteiger partial charge is 0.510 e. The summed E-state index contributed by atoms with van der Waals surface area (Å²) in [5.74, 6) is 0.0579. The topological polar surface area (TPSA) is 72.0 Å². The molecule has 0 unspecified atom stereocenters. The highest BCUT2D eigenvalue weighted by atomic mass is 16.3. The van der Waals surface area contributed by atoms with E-state index in [0.717, 1.165) is 6.42 Å². The Kier molecular flexibility index (Phi) is 8.43. The van der Waals surface area contributed by atoms with E-state index in [0.29, 0.717) is 0 Å². The average molecular weight is 120 g/mol. The van der Waals surface area contributed by atoms with Crippen molar-refractivity contribution in [3.05, 3.63) is 11.8 Å². The molecule has 0 aromatic rings. The van der Waals surface area contributed by atoms with Crippen LogP contribution in [0, 0.1) is 0 Å². The van der Waals surface area contributed by atoms with Gasteiger partial charge in [-0.15, -0.1) is 0 Å². The molecule has 0 bridgehead atoms. The molecule has 0 saturated heterocycles. The Labute approximate surface area is 48.6 Å². The summed E-state index contributed by atoms with van der Waals surface area (Å²) in [7, 11) is 0. The lowest BCUT2D eigenvalue weighted by atomic mass is 10.4. The molecule has 0 saturated carbocycles. The zero-order chi connectivity index (χ0) is 5.70. The van der Waals surface area contributed by atoms with E-state index >= 15 is 0 Å². The lowest BCUT2D eigenvalue weighted by Crippen LogP contribution is -1.85. The molecular formula is C5H12O3. The van der Waals surface area contributed by atoms with E-state index in [4.69, 9.17) is 10.2 Å². The number of hydrogen-bond acceptors (Lipinski definition) is 2. The van der Waals surface area contributed by atoms with Gasteiger partial charge in [0.1, 0.15) is 5.76 Å². The van der Waals surface area contributed by atoms with Crippen LogP contribution in [0.4, 0.5) is 0 Å². The third kappa shape index (κ3) is 5.46. The first-order chi connectivity index (χ1) is 3.31. The number of allylic oxidation sites excluding steroid dienone is 1. The fourth-order valence-corrected chi connectivity index (χ4v) is 0.300. The summed E-state index contributed by atoms with van der Waals surface area (Å²) < 4.78 is 0. The number of aliphatic hydroxyl groups is 2. The van der Waals surface area contributed by atoms with Gasteiger partial charge in [-0.05, 0) is 12.5 Å². The van der Waals surface area contributed by atoms with Crippen molar-refractivity contribution in [2.45, 2.75) is 13.3 Å². The zero-order valence-corrected chi connectivity index (χ0v) is 4.89. The first-order valence-electron chi connectivity index (χ1n) is 2.30. The summed E-state index contributed by atoms with van der Waals surface area (Å²) >= 11 is 0. The Morgan fingerprint density at radius 3 is 2.25 bits per heavy atom. The molecule has 3 nitrogen and oxygen atoms in total. The molecule has 0 aromatic carbocycles. The van der Waals surface area contributed by atoms with E-state index in [1.807, 2.05) is 6.92 Å². The Morgan fingerprint density at radius 1 is 1.62 bits per heavy atom. The van der Waals surface area contributed by atoms with Crippen LogP contribution in [0.1, 0.15) is 13.3 Å². The van der Waals surface area contributed by atoms with Crippen molar-refractivity contribution in [1.29, 1.82) is 0 Å². The van der Waals surface area contributed by atoms with Crippen LogP contribution in [0.15, 0.2) is 11.8 Å². The van der Waals surface area contributed by atoms with Gasteiger partial charge in [0.25, 0.3) is 0 Å². The minimum atomic E-state index is -0.242. The van der Waals surface area contributed by atoms with E-state index in [-0.39, 0.29) is 17.8 Å². The van der Waals surface area contributed by atoms with Crippen molar-refractivity contribution in [2.24, 2.45) is 0 Å². The maximum Gasteiger partial charge on any atom is 0.114 e. The molecule has 0 radical (unpaired) electrons. The summed E-state index contributed by atoms with van der Waals surface area (Å²) in [5, 5.41) is 16.6. The van der Waals surface area contributed by atoms with Crippen molar-refractivity contribution in [1.82, 2.24) is 0 Å². The Bertz CT molecular complexity index is 68.1. The Balaban J connectivity index is 0. The van der Waals surface area contributed by atoms with Gasteiger partial charge in [0.15, 0.2) is 0 Å². The van der Waals surface area contributed by atoms with E-state index < -0.39 is 0 Å². The molecule has 0 aliphatic carbocycles. The van der Waals surface area contributed by atoms with Crippen molar-refractivity contribution in [3.8, 4) is 0 Å². The zero-order valence-electron chi connectivity index (χ0n) is 4.89. The van der Waals surface area contributed by atoms with E-state index in [1.54, 1.807) is 6.08 Å². The predicted octanol–water partition coefficient (Wildman–Crippen LogP) is 0.00590. The number of aliphatic hydroxyl groups excluding tert-OH is 2. The van der Waals surface area contributed by atoms with Gasteiger partial charge in [0, 0.05) is 0 Å². The van der Waals surface area contributed by atoms with Crippen LogP contribution in [0.5, 0.6) is 0 Å². The lowest BCUT2D eigenvalue weighted by molar-refractivity contribution is 0.252. The van der Waals surface area contributed by atoms with Gasteiger partial charge in [-0.1, -0.05) is 6.92 Å². The molecule has 0 heterocycles. The SMILES string of the molecule is CCC=C(O)CO.O. The summed E-state index contributed by atoms with van der Waals surface area (Å²) in [6.45, 7) is 1.65. The second-order valence-corrected chi connectivity index (χ2v) is 1.26. The normalized spacial score (nSPS) is 10.5. The average Bonchev–Trinajstić information content (AvgIpc) is 1.68. The number of hydrogen-bond donors (Lipinski definition) is 2. The predicted molar refractivity (Wildman–Crippen MR) is 31.7 cm³/mol. The molecule has 0 atom stereocenters. The number of rotatable bonds is 2. The third-order valence-electron chi connectivity index (χ3n) is 0.602. The summed E-state index contributed by atoms with van der Waals surface area (Å²) in [6, 6.07) is 0. The summed E-state index contributed by atoms with van der Waals surface area (Å²) in [6.07, 6.45) is 2.34. The highest BCUT2D eigenvalue weighted by Gasteiger charge is 1.81. The second-order valence-electron chi connectivity index (χ2n) is 1.26. The molecule has 0 fully saturated rings. The maximum atomic E-state index is 8.47. The van der Waals surface area contributed by atoms with Gasteiger partial charge in [-0.2, -0.15) is 0 Å². The van der Waals surface area contributed by atoms with Crippen LogP contribution in [-0.4, -0.2) is 22.3 Å². The second kappa shape index (κ2) is 6.46. The van der Waals surface area contributed by atoms with Crippen molar-refractivity contribution in [3.63, 3.8) is 0 Å². The molecule has 0 spiro atoms.